The number of amidine groups is 1. The molecular weight excluding hydrogens is 420 g/mol. The molecule has 0 radical (unpaired) electrons. The Morgan fingerprint density at radius 2 is 1.94 bits per heavy atom. The van der Waals surface area contributed by atoms with E-state index >= 15 is 0 Å². The van der Waals surface area contributed by atoms with Crippen molar-refractivity contribution in [3.63, 3.8) is 0 Å². The van der Waals surface area contributed by atoms with E-state index in [9.17, 15) is 4.79 Å². The van der Waals surface area contributed by atoms with Crippen LogP contribution in [0, 0.1) is 5.92 Å². The summed E-state index contributed by atoms with van der Waals surface area (Å²) in [5.74, 6) is 1.51. The highest BCUT2D eigenvalue weighted by atomic mass is 16.6. The van der Waals surface area contributed by atoms with Gasteiger partial charge in [-0.25, -0.2) is 19.3 Å². The number of cyclic esters (lactones) is 1. The third kappa shape index (κ3) is 3.79. The van der Waals surface area contributed by atoms with Crippen molar-refractivity contribution >= 4 is 29.3 Å². The molecule has 2 N–H and O–H groups in total. The summed E-state index contributed by atoms with van der Waals surface area (Å²) < 4.78 is 12.6. The Kier molecular flexibility index (Phi) is 5.24. The summed E-state index contributed by atoms with van der Waals surface area (Å²) in [5, 5.41) is 4.43. The van der Waals surface area contributed by atoms with Crippen LogP contribution in [0.1, 0.15) is 32.8 Å². The van der Waals surface area contributed by atoms with Crippen molar-refractivity contribution in [1.82, 2.24) is 14.6 Å². The Morgan fingerprint density at radius 1 is 1.18 bits per heavy atom. The number of hydrogen-bond acceptors (Lipinski definition) is 7. The molecule has 33 heavy (non-hydrogen) atoms. The molecule has 0 spiro atoms. The number of carbonyl (C=O) groups is 1. The topological polar surface area (TPSA) is 107 Å². The molecule has 0 aliphatic carbocycles. The first-order valence-electron chi connectivity index (χ1n) is 11.1. The average molecular weight is 447 g/mol. The van der Waals surface area contributed by atoms with Crippen LogP contribution in [0.25, 0.3) is 22.5 Å². The first kappa shape index (κ1) is 21.0. The molecule has 2 atom stereocenters. The van der Waals surface area contributed by atoms with E-state index in [0.717, 1.165) is 23.1 Å². The largest absolute Gasteiger partial charge is 0.447 e. The third-order valence-electron chi connectivity index (χ3n) is 6.03. The second kappa shape index (κ2) is 8.23. The minimum atomic E-state index is -0.370. The van der Waals surface area contributed by atoms with Crippen LogP contribution < -0.4 is 10.6 Å². The van der Waals surface area contributed by atoms with E-state index in [1.165, 1.54) is 0 Å². The molecule has 4 heterocycles. The van der Waals surface area contributed by atoms with Crippen molar-refractivity contribution in [3.05, 3.63) is 54.4 Å². The second-order valence-electron chi connectivity index (χ2n) is 8.52. The van der Waals surface area contributed by atoms with Gasteiger partial charge in [-0.2, -0.15) is 5.10 Å². The Bertz CT molecular complexity index is 1260. The number of aliphatic imine (C=N–C) groups is 1. The SMILES string of the molecule is CCC1C=C(c2ccc(-c3cnn4ccc(N5C(=O)OCC5C(C)C)nc34)cc2)OC(N)=N1. The summed E-state index contributed by atoms with van der Waals surface area (Å²) in [7, 11) is 0. The number of ether oxygens (including phenoxy) is 2. The maximum absolute atomic E-state index is 12.4. The minimum Gasteiger partial charge on any atom is -0.447 e. The lowest BCUT2D eigenvalue weighted by Crippen LogP contribution is -2.37. The van der Waals surface area contributed by atoms with Crippen LogP contribution in [0.4, 0.5) is 10.6 Å². The predicted molar refractivity (Wildman–Crippen MR) is 126 cm³/mol. The summed E-state index contributed by atoms with van der Waals surface area (Å²) in [4.78, 5) is 23.1. The van der Waals surface area contributed by atoms with Crippen LogP contribution in [-0.4, -0.2) is 45.4 Å². The van der Waals surface area contributed by atoms with Gasteiger partial charge in [0.15, 0.2) is 5.65 Å². The monoisotopic (exact) mass is 446 g/mol. The fourth-order valence-corrected chi connectivity index (χ4v) is 4.11. The van der Waals surface area contributed by atoms with Gasteiger partial charge in [-0.3, -0.25) is 4.90 Å². The van der Waals surface area contributed by atoms with Crippen molar-refractivity contribution < 1.29 is 14.3 Å². The van der Waals surface area contributed by atoms with Crippen molar-refractivity contribution in [2.24, 2.45) is 16.6 Å². The molecule has 3 aromatic rings. The van der Waals surface area contributed by atoms with E-state index in [1.54, 1.807) is 21.7 Å². The number of hydrogen-bond donors (Lipinski definition) is 1. The van der Waals surface area contributed by atoms with Gasteiger partial charge in [0.05, 0.1) is 18.3 Å². The molecule has 2 aliphatic rings. The molecule has 9 nitrogen and oxygen atoms in total. The zero-order chi connectivity index (χ0) is 23.1. The number of benzene rings is 1. The number of nitrogens with two attached hydrogens (primary N) is 1. The number of anilines is 1. The molecule has 9 heteroatoms. The van der Waals surface area contributed by atoms with E-state index in [1.807, 2.05) is 36.5 Å². The fourth-order valence-electron chi connectivity index (χ4n) is 4.11. The van der Waals surface area contributed by atoms with Crippen molar-refractivity contribution in [2.75, 3.05) is 11.5 Å². The smallest absolute Gasteiger partial charge is 0.415 e. The van der Waals surface area contributed by atoms with Crippen LogP contribution in [0.5, 0.6) is 0 Å². The van der Waals surface area contributed by atoms with Gasteiger partial charge in [-0.05, 0) is 30.0 Å². The van der Waals surface area contributed by atoms with E-state index in [-0.39, 0.29) is 30.1 Å². The Labute approximate surface area is 191 Å². The van der Waals surface area contributed by atoms with Gasteiger partial charge in [0.1, 0.15) is 18.2 Å². The van der Waals surface area contributed by atoms with Crippen LogP contribution in [0.3, 0.4) is 0 Å². The number of carbonyl (C=O) groups excluding carboxylic acids is 1. The lowest BCUT2D eigenvalue weighted by molar-refractivity contribution is 0.177. The van der Waals surface area contributed by atoms with Crippen molar-refractivity contribution in [2.45, 2.75) is 39.3 Å². The molecule has 2 aromatic heterocycles. The van der Waals surface area contributed by atoms with Gasteiger partial charge >= 0.3 is 6.09 Å². The minimum absolute atomic E-state index is 0.0163. The zero-order valence-electron chi connectivity index (χ0n) is 18.8. The standard InChI is InChI=1S/C24H26N6O3/c1-4-17-11-20(33-23(25)27-17)16-7-5-15(6-8-16)18-12-26-29-10-9-21(28-22(18)29)30-19(14(2)3)13-32-24(30)31/h5-12,14,17,19H,4,13H2,1-3H3,(H2,25,27). The van der Waals surface area contributed by atoms with Crippen molar-refractivity contribution in [1.29, 1.82) is 0 Å². The first-order valence-corrected chi connectivity index (χ1v) is 11.1. The summed E-state index contributed by atoms with van der Waals surface area (Å²) in [6, 6.07) is 9.88. The second-order valence-corrected chi connectivity index (χ2v) is 8.52. The highest BCUT2D eigenvalue weighted by Gasteiger charge is 2.37. The summed E-state index contributed by atoms with van der Waals surface area (Å²) in [5.41, 5.74) is 9.23. The third-order valence-corrected chi connectivity index (χ3v) is 6.03. The lowest BCUT2D eigenvalue weighted by atomic mass is 10.0. The van der Waals surface area contributed by atoms with Crippen LogP contribution >= 0.6 is 0 Å². The van der Waals surface area contributed by atoms with E-state index in [2.05, 4.69) is 30.9 Å². The van der Waals surface area contributed by atoms with E-state index in [0.29, 0.717) is 23.8 Å². The molecule has 0 bridgehead atoms. The van der Waals surface area contributed by atoms with Gasteiger partial charge in [0, 0.05) is 17.3 Å². The van der Waals surface area contributed by atoms with Gasteiger partial charge in [0.2, 0.25) is 0 Å². The van der Waals surface area contributed by atoms with E-state index in [4.69, 9.17) is 20.2 Å². The quantitative estimate of drug-likeness (QED) is 0.638. The number of aromatic nitrogens is 3. The number of rotatable bonds is 5. The zero-order valence-corrected chi connectivity index (χ0v) is 18.8. The molecule has 5 rings (SSSR count). The normalized spacial score (nSPS) is 20.6. The summed E-state index contributed by atoms with van der Waals surface area (Å²) >= 11 is 0. The Morgan fingerprint density at radius 3 is 2.67 bits per heavy atom. The summed E-state index contributed by atoms with van der Waals surface area (Å²) in [6.45, 7) is 6.56. The first-order chi connectivity index (χ1) is 15.9. The summed E-state index contributed by atoms with van der Waals surface area (Å²) in [6.07, 6.45) is 6.05. The Balaban J connectivity index is 1.48. The maximum Gasteiger partial charge on any atom is 0.415 e. The van der Waals surface area contributed by atoms with Crippen LogP contribution in [0.2, 0.25) is 0 Å². The maximum atomic E-state index is 12.4. The number of nitrogens with zero attached hydrogens (tertiary/aromatic N) is 5. The van der Waals surface area contributed by atoms with Gasteiger partial charge in [0.25, 0.3) is 6.02 Å². The lowest BCUT2D eigenvalue weighted by Gasteiger charge is -2.23. The van der Waals surface area contributed by atoms with Gasteiger partial charge in [-0.1, -0.05) is 45.0 Å². The predicted octanol–water partition coefficient (Wildman–Crippen LogP) is 3.84. The molecule has 1 amide bonds. The number of amides is 1. The molecule has 1 aromatic carbocycles. The molecule has 0 saturated carbocycles. The van der Waals surface area contributed by atoms with Crippen LogP contribution in [0.15, 0.2) is 53.8 Å². The van der Waals surface area contributed by atoms with Gasteiger partial charge < -0.3 is 15.2 Å². The molecular formula is C24H26N6O3. The number of fused-ring (bicyclic) bond motifs is 1. The highest BCUT2D eigenvalue weighted by molar-refractivity contribution is 5.90. The van der Waals surface area contributed by atoms with Gasteiger partial charge in [-0.15, -0.1) is 0 Å². The molecule has 1 fully saturated rings. The molecule has 170 valence electrons. The highest BCUT2D eigenvalue weighted by Crippen LogP contribution is 2.30. The average Bonchev–Trinajstić information content (AvgIpc) is 3.41. The molecule has 1 saturated heterocycles. The molecule has 2 unspecified atom stereocenters. The molecule has 2 aliphatic heterocycles. The van der Waals surface area contributed by atoms with E-state index < -0.39 is 0 Å². The fraction of sp³-hybridized carbons (Fsp3) is 0.333. The Hall–Kier alpha value is -3.88. The van der Waals surface area contributed by atoms with Crippen LogP contribution in [-0.2, 0) is 9.47 Å². The van der Waals surface area contributed by atoms with Crippen molar-refractivity contribution in [3.8, 4) is 11.1 Å².